The number of aromatic nitrogens is 4. The zero-order valence-corrected chi connectivity index (χ0v) is 18.8. The van der Waals surface area contributed by atoms with Crippen molar-refractivity contribution in [2.45, 2.75) is 26.5 Å². The van der Waals surface area contributed by atoms with E-state index in [-0.39, 0.29) is 0 Å². The van der Waals surface area contributed by atoms with Gasteiger partial charge in [-0.2, -0.15) is 4.68 Å². The lowest BCUT2D eigenvalue weighted by atomic mass is 9.95. The minimum absolute atomic E-state index is 0.363. The van der Waals surface area contributed by atoms with Crippen LogP contribution in [0.5, 0.6) is 11.5 Å². The molecule has 0 aliphatic carbocycles. The second kappa shape index (κ2) is 8.38. The SMILES string of the molecule is COc1cc(C2C(C(N)=O)=C(C)Nc3nnnn32)cc(Br)c1OCc1ccc(C)cc1. The Kier molecular flexibility index (Phi) is 5.64. The molecule has 0 spiro atoms. The maximum absolute atomic E-state index is 12.2. The normalized spacial score (nSPS) is 15.3. The second-order valence-corrected chi connectivity index (χ2v) is 8.04. The fourth-order valence-electron chi connectivity index (χ4n) is 3.52. The first-order chi connectivity index (χ1) is 14.9. The van der Waals surface area contributed by atoms with E-state index in [4.69, 9.17) is 15.2 Å². The molecule has 9 nitrogen and oxygen atoms in total. The standard InChI is InChI=1S/C21H21BrN6O3/c1-11-4-6-13(7-5-11)10-31-19-15(22)8-14(9-16(19)30-3)18-17(20(23)29)12(2)24-21-25-26-27-28(18)21/h4-9,18H,10H2,1-3H3,(H2,23,29)(H,24,25,27). The van der Waals surface area contributed by atoms with E-state index in [0.29, 0.717) is 39.8 Å². The molecule has 31 heavy (non-hydrogen) atoms. The molecule has 1 aromatic heterocycles. The summed E-state index contributed by atoms with van der Waals surface area (Å²) in [7, 11) is 1.56. The number of hydrogen-bond donors (Lipinski definition) is 2. The molecular weight excluding hydrogens is 464 g/mol. The number of aryl methyl sites for hydroxylation is 1. The Morgan fingerprint density at radius 2 is 2.00 bits per heavy atom. The Morgan fingerprint density at radius 3 is 2.68 bits per heavy atom. The number of halogens is 1. The number of amides is 1. The molecule has 0 radical (unpaired) electrons. The lowest BCUT2D eigenvalue weighted by Crippen LogP contribution is -2.31. The zero-order valence-electron chi connectivity index (χ0n) is 17.2. The van der Waals surface area contributed by atoms with Gasteiger partial charge in [0.1, 0.15) is 12.6 Å². The van der Waals surface area contributed by atoms with Gasteiger partial charge in [-0.25, -0.2) is 0 Å². The number of nitrogens with zero attached hydrogens (tertiary/aromatic N) is 4. The van der Waals surface area contributed by atoms with Gasteiger partial charge in [-0.1, -0.05) is 34.9 Å². The van der Waals surface area contributed by atoms with Crippen LogP contribution in [-0.2, 0) is 11.4 Å². The topological polar surface area (TPSA) is 117 Å². The monoisotopic (exact) mass is 484 g/mol. The largest absolute Gasteiger partial charge is 0.493 e. The molecule has 1 aliphatic heterocycles. The van der Waals surface area contributed by atoms with Crippen LogP contribution in [0.1, 0.15) is 29.7 Å². The number of fused-ring (bicyclic) bond motifs is 1. The number of nitrogens with two attached hydrogens (primary N) is 1. The van der Waals surface area contributed by atoms with Gasteiger partial charge in [0, 0.05) is 5.70 Å². The van der Waals surface area contributed by atoms with Gasteiger partial charge < -0.3 is 20.5 Å². The number of carbonyl (C=O) groups is 1. The highest BCUT2D eigenvalue weighted by Gasteiger charge is 2.34. The highest BCUT2D eigenvalue weighted by atomic mass is 79.9. The average molecular weight is 485 g/mol. The molecule has 1 atom stereocenters. The van der Waals surface area contributed by atoms with Gasteiger partial charge in [-0.3, -0.25) is 4.79 Å². The van der Waals surface area contributed by atoms with Gasteiger partial charge in [0.15, 0.2) is 11.5 Å². The summed E-state index contributed by atoms with van der Waals surface area (Å²) >= 11 is 3.58. The van der Waals surface area contributed by atoms with E-state index in [1.165, 1.54) is 10.2 Å². The molecule has 1 unspecified atom stereocenters. The molecule has 1 amide bonds. The maximum atomic E-state index is 12.2. The number of primary amides is 1. The van der Waals surface area contributed by atoms with Crippen LogP contribution in [0.3, 0.4) is 0 Å². The number of anilines is 1. The highest BCUT2D eigenvalue weighted by Crippen LogP contribution is 2.42. The van der Waals surface area contributed by atoms with E-state index in [2.05, 4.69) is 36.8 Å². The van der Waals surface area contributed by atoms with E-state index in [9.17, 15) is 4.79 Å². The quantitative estimate of drug-likeness (QED) is 0.551. The molecule has 0 bridgehead atoms. The maximum Gasteiger partial charge on any atom is 0.248 e. The van der Waals surface area contributed by atoms with Gasteiger partial charge in [0.05, 0.1) is 17.2 Å². The Hall–Kier alpha value is -3.40. The summed E-state index contributed by atoms with van der Waals surface area (Å²) in [5.74, 6) is 0.915. The van der Waals surface area contributed by atoms with Gasteiger partial charge in [-0.05, 0) is 63.5 Å². The summed E-state index contributed by atoms with van der Waals surface area (Å²) in [5.41, 5.74) is 9.58. The molecule has 1 aliphatic rings. The Labute approximate surface area is 187 Å². The molecule has 160 valence electrons. The Morgan fingerprint density at radius 1 is 1.26 bits per heavy atom. The smallest absolute Gasteiger partial charge is 0.248 e. The van der Waals surface area contributed by atoms with Crippen molar-refractivity contribution in [1.29, 1.82) is 0 Å². The highest BCUT2D eigenvalue weighted by molar-refractivity contribution is 9.10. The van der Waals surface area contributed by atoms with Gasteiger partial charge in [-0.15, -0.1) is 0 Å². The molecular formula is C21H21BrN6O3. The molecule has 3 N–H and O–H groups in total. The summed E-state index contributed by atoms with van der Waals surface area (Å²) in [5, 5.41) is 14.7. The number of benzene rings is 2. The minimum atomic E-state index is -0.611. The summed E-state index contributed by atoms with van der Waals surface area (Å²) in [4.78, 5) is 12.2. The summed E-state index contributed by atoms with van der Waals surface area (Å²) in [6.07, 6.45) is 0. The zero-order chi connectivity index (χ0) is 22.1. The van der Waals surface area contributed by atoms with Crippen molar-refractivity contribution in [2.24, 2.45) is 5.73 Å². The summed E-state index contributed by atoms with van der Waals surface area (Å²) in [6.45, 7) is 4.18. The number of hydrogen-bond acceptors (Lipinski definition) is 7. The van der Waals surface area contributed by atoms with Crippen LogP contribution in [0.4, 0.5) is 5.95 Å². The number of allylic oxidation sites excluding steroid dienone is 1. The molecule has 10 heteroatoms. The van der Waals surface area contributed by atoms with Crippen LogP contribution in [0.25, 0.3) is 0 Å². The second-order valence-electron chi connectivity index (χ2n) is 7.19. The predicted molar refractivity (Wildman–Crippen MR) is 118 cm³/mol. The fourth-order valence-corrected chi connectivity index (χ4v) is 4.09. The number of ether oxygens (including phenoxy) is 2. The average Bonchev–Trinajstić information content (AvgIpc) is 3.20. The molecule has 2 heterocycles. The number of nitrogens with one attached hydrogen (secondary N) is 1. The summed E-state index contributed by atoms with van der Waals surface area (Å²) in [6, 6.07) is 11.2. The van der Waals surface area contributed by atoms with Gasteiger partial charge in [0.25, 0.3) is 0 Å². The molecule has 0 fully saturated rings. The van der Waals surface area contributed by atoms with Crippen LogP contribution >= 0.6 is 15.9 Å². The summed E-state index contributed by atoms with van der Waals surface area (Å²) < 4.78 is 13.8. The number of tetrazole rings is 1. The lowest BCUT2D eigenvalue weighted by molar-refractivity contribution is -0.115. The van der Waals surface area contributed by atoms with Crippen LogP contribution < -0.4 is 20.5 Å². The van der Waals surface area contributed by atoms with E-state index >= 15 is 0 Å². The first-order valence-electron chi connectivity index (χ1n) is 9.50. The fraction of sp³-hybridized carbons (Fsp3) is 0.238. The van der Waals surface area contributed by atoms with Crippen LogP contribution in [0, 0.1) is 6.92 Å². The van der Waals surface area contributed by atoms with Crippen LogP contribution in [0.15, 0.2) is 52.1 Å². The van der Waals surface area contributed by atoms with Gasteiger partial charge in [0.2, 0.25) is 11.9 Å². The first kappa shape index (κ1) is 20.9. The lowest BCUT2D eigenvalue weighted by Gasteiger charge is -2.27. The van der Waals surface area contributed by atoms with Crippen LogP contribution in [-0.4, -0.2) is 33.2 Å². The first-order valence-corrected chi connectivity index (χ1v) is 10.3. The van der Waals surface area contributed by atoms with Crippen molar-refractivity contribution < 1.29 is 14.3 Å². The van der Waals surface area contributed by atoms with Crippen molar-refractivity contribution in [3.63, 3.8) is 0 Å². The van der Waals surface area contributed by atoms with Crippen molar-refractivity contribution in [3.8, 4) is 11.5 Å². The third kappa shape index (κ3) is 3.98. The number of carbonyl (C=O) groups excluding carboxylic acids is 1. The Bertz CT molecular complexity index is 1170. The predicted octanol–water partition coefficient (Wildman–Crippen LogP) is 3.11. The van der Waals surface area contributed by atoms with Gasteiger partial charge >= 0.3 is 0 Å². The molecule has 0 saturated carbocycles. The van der Waals surface area contributed by atoms with E-state index in [1.807, 2.05) is 37.3 Å². The van der Waals surface area contributed by atoms with Crippen molar-refractivity contribution in [3.05, 3.63) is 68.8 Å². The molecule has 2 aromatic carbocycles. The van der Waals surface area contributed by atoms with E-state index in [1.54, 1.807) is 20.1 Å². The van der Waals surface area contributed by atoms with Crippen LogP contribution in [0.2, 0.25) is 0 Å². The minimum Gasteiger partial charge on any atom is -0.493 e. The third-order valence-electron chi connectivity index (χ3n) is 5.05. The molecule has 0 saturated heterocycles. The molecule has 4 rings (SSSR count). The van der Waals surface area contributed by atoms with E-state index in [0.717, 1.165) is 11.1 Å². The van der Waals surface area contributed by atoms with Crippen molar-refractivity contribution in [2.75, 3.05) is 12.4 Å². The Balaban J connectivity index is 1.72. The van der Waals surface area contributed by atoms with Crippen molar-refractivity contribution >= 4 is 27.8 Å². The third-order valence-corrected chi connectivity index (χ3v) is 5.64. The van der Waals surface area contributed by atoms with Crippen molar-refractivity contribution in [1.82, 2.24) is 20.2 Å². The van der Waals surface area contributed by atoms with E-state index < -0.39 is 11.9 Å². The number of rotatable bonds is 6. The molecule has 3 aromatic rings. The number of methoxy groups -OCH3 is 1.